The topological polar surface area (TPSA) is 158 Å². The van der Waals surface area contributed by atoms with E-state index in [4.69, 9.17) is 9.47 Å². The number of likely N-dealkylation sites (tertiary alicyclic amines) is 1. The Labute approximate surface area is 476 Å². The number of nitrogens with zero attached hydrogens (tertiary/aromatic N) is 6. The fourth-order valence-corrected chi connectivity index (χ4v) is 12.6. The average Bonchev–Trinajstić information content (AvgIpc) is 3.77. The number of halogens is 6. The molecule has 24 heteroatoms. The van der Waals surface area contributed by atoms with Gasteiger partial charge in [-0.15, -0.1) is 0 Å². The number of rotatable bonds is 19. The second-order valence-corrected chi connectivity index (χ2v) is 25.3. The number of nitrogens with one attached hydrogen (secondary N) is 4. The lowest BCUT2D eigenvalue weighted by atomic mass is 9.90. The molecule has 4 aromatic carbocycles. The maximum Gasteiger partial charge on any atom is 0.406 e. The van der Waals surface area contributed by atoms with Crippen molar-refractivity contribution < 1.29 is 52.7 Å². The van der Waals surface area contributed by atoms with Crippen LogP contribution in [-0.2, 0) is 39.7 Å². The summed E-state index contributed by atoms with van der Waals surface area (Å²) in [5.41, 5.74) is 3.39. The van der Waals surface area contributed by atoms with Crippen LogP contribution in [0.4, 0.5) is 49.1 Å². The summed E-state index contributed by atoms with van der Waals surface area (Å²) in [6.07, 6.45) is -3.80. The molecule has 1 aliphatic heterocycles. The molecule has 1 saturated heterocycles. The van der Waals surface area contributed by atoms with E-state index in [0.29, 0.717) is 45.0 Å². The van der Waals surface area contributed by atoms with E-state index in [1.165, 1.54) is 82.4 Å². The van der Waals surface area contributed by atoms with Gasteiger partial charge in [0.25, 0.3) is 0 Å². The Hall–Kier alpha value is -6.80. The third kappa shape index (κ3) is 14.5. The first-order valence-corrected chi connectivity index (χ1v) is 29.6. The second kappa shape index (κ2) is 25.4. The zero-order chi connectivity index (χ0) is 59.3. The Morgan fingerprint density at radius 3 is 1.63 bits per heavy atom. The summed E-state index contributed by atoms with van der Waals surface area (Å²) in [5.74, 6) is 12.0. The molecule has 1 saturated carbocycles. The largest absolute Gasteiger partial charge is 0.495 e. The van der Waals surface area contributed by atoms with Crippen molar-refractivity contribution in [2.45, 2.75) is 98.4 Å². The molecular formula is C58H70F6N10O6S2. The van der Waals surface area contributed by atoms with Crippen LogP contribution < -0.4 is 30.7 Å². The lowest BCUT2D eigenvalue weighted by Gasteiger charge is -2.33. The third-order valence-corrected chi connectivity index (χ3v) is 18.6. The van der Waals surface area contributed by atoms with Gasteiger partial charge in [-0.25, -0.2) is 21.1 Å². The molecule has 82 heavy (non-hydrogen) atoms. The van der Waals surface area contributed by atoms with Crippen LogP contribution in [-0.4, -0.2) is 158 Å². The van der Waals surface area contributed by atoms with Crippen molar-refractivity contribution >= 4 is 64.6 Å². The molecule has 0 bridgehead atoms. The van der Waals surface area contributed by atoms with Gasteiger partial charge in [-0.05, 0) is 145 Å². The molecule has 1 aliphatic carbocycles. The summed E-state index contributed by atoms with van der Waals surface area (Å²) in [4.78, 5) is 4.29. The van der Waals surface area contributed by atoms with Crippen molar-refractivity contribution in [3.05, 3.63) is 95.8 Å². The molecule has 6 aromatic rings. The summed E-state index contributed by atoms with van der Waals surface area (Å²) in [5, 5.41) is 14.4. The van der Waals surface area contributed by atoms with Crippen LogP contribution in [0.15, 0.2) is 88.7 Å². The van der Waals surface area contributed by atoms with Crippen LogP contribution in [0.25, 0.3) is 21.8 Å². The highest BCUT2D eigenvalue weighted by Gasteiger charge is 2.33. The summed E-state index contributed by atoms with van der Waals surface area (Å²) in [6.45, 7) is -1.32. The van der Waals surface area contributed by atoms with Gasteiger partial charge < -0.3 is 49.7 Å². The first kappa shape index (κ1) is 61.3. The molecule has 0 unspecified atom stereocenters. The number of anilines is 4. The van der Waals surface area contributed by atoms with Crippen LogP contribution >= 0.6 is 0 Å². The van der Waals surface area contributed by atoms with E-state index in [9.17, 15) is 43.2 Å². The molecule has 0 radical (unpaired) electrons. The summed E-state index contributed by atoms with van der Waals surface area (Å²) >= 11 is 0. The zero-order valence-corrected chi connectivity index (χ0v) is 48.8. The quantitative estimate of drug-likeness (QED) is 0.0451. The maximum atomic E-state index is 14.4. The van der Waals surface area contributed by atoms with Crippen LogP contribution in [0.1, 0.15) is 55.5 Å². The first-order valence-electron chi connectivity index (χ1n) is 26.8. The van der Waals surface area contributed by atoms with E-state index in [1.54, 1.807) is 30.3 Å². The third-order valence-electron chi connectivity index (χ3n) is 15.0. The minimum atomic E-state index is -4.63. The van der Waals surface area contributed by atoms with Gasteiger partial charge in [-0.3, -0.25) is 0 Å². The highest BCUT2D eigenvalue weighted by atomic mass is 32.2. The van der Waals surface area contributed by atoms with Crippen molar-refractivity contribution in [1.82, 2.24) is 27.5 Å². The van der Waals surface area contributed by atoms with Crippen molar-refractivity contribution in [3.63, 3.8) is 0 Å². The van der Waals surface area contributed by atoms with Crippen LogP contribution in [0, 0.1) is 23.7 Å². The summed E-state index contributed by atoms with van der Waals surface area (Å²) in [7, 11) is 5.09. The van der Waals surface area contributed by atoms with E-state index in [1.807, 2.05) is 13.1 Å². The Morgan fingerprint density at radius 2 is 1.12 bits per heavy atom. The van der Waals surface area contributed by atoms with Crippen LogP contribution in [0.3, 0.4) is 0 Å². The molecule has 2 fully saturated rings. The van der Waals surface area contributed by atoms with Crippen molar-refractivity contribution in [2.24, 2.45) is 0 Å². The number of fused-ring (bicyclic) bond motifs is 2. The van der Waals surface area contributed by atoms with E-state index >= 15 is 0 Å². The number of piperidine rings is 1. The molecule has 16 nitrogen and oxygen atoms in total. The van der Waals surface area contributed by atoms with Crippen LogP contribution in [0.5, 0.6) is 11.5 Å². The number of hydrogen-bond acceptors (Lipinski definition) is 12. The van der Waals surface area contributed by atoms with Gasteiger partial charge in [0.2, 0.25) is 20.0 Å². The molecule has 8 rings (SSSR count). The number of benzene rings is 4. The van der Waals surface area contributed by atoms with Crippen LogP contribution in [0.2, 0.25) is 0 Å². The average molecular weight is 1180 g/mol. The highest BCUT2D eigenvalue weighted by molar-refractivity contribution is 7.89. The number of sulfonamides is 2. The second-order valence-electron chi connectivity index (χ2n) is 21.2. The number of alkyl halides is 6. The monoisotopic (exact) mass is 1180 g/mol. The number of ether oxygens (including phenoxy) is 2. The van der Waals surface area contributed by atoms with Crippen molar-refractivity contribution in [3.8, 4) is 35.2 Å². The van der Waals surface area contributed by atoms with E-state index in [-0.39, 0.29) is 69.9 Å². The van der Waals surface area contributed by atoms with Crippen molar-refractivity contribution in [1.29, 1.82) is 0 Å². The molecule has 442 valence electrons. The SMILES string of the molecule is COc1cc(S(=O)(=O)N(C)C)ccc1NCC#Cc1cc2c(NC3CCN(C)CC3)c(CN(C)S(=O)(=O)c3ccc(NCC#Cc4cc5c(NC6CCC(N(C)C)CC6)cccc5n4CC(F)(F)F)c(OC)c3)ccc2n1CC(F)(F)F. The highest BCUT2D eigenvalue weighted by Crippen LogP contribution is 2.38. The number of hydrogen-bond donors (Lipinski definition) is 4. The minimum absolute atomic E-state index is 0.00488. The van der Waals surface area contributed by atoms with E-state index in [0.717, 1.165) is 70.5 Å². The molecule has 0 amide bonds. The van der Waals surface area contributed by atoms with Gasteiger partial charge in [0.1, 0.15) is 24.6 Å². The Balaban J connectivity index is 1.03. The van der Waals surface area contributed by atoms with Gasteiger partial charge in [0.15, 0.2) is 0 Å². The van der Waals surface area contributed by atoms with Gasteiger partial charge in [-0.1, -0.05) is 24.0 Å². The van der Waals surface area contributed by atoms with Gasteiger partial charge in [-0.2, -0.15) is 30.6 Å². The van der Waals surface area contributed by atoms with Crippen molar-refractivity contribution in [2.75, 3.05) is 104 Å². The normalized spacial score (nSPS) is 16.7. The molecule has 4 N–H and O–H groups in total. The number of methoxy groups -OCH3 is 2. The zero-order valence-electron chi connectivity index (χ0n) is 47.1. The molecule has 3 heterocycles. The van der Waals surface area contributed by atoms with Gasteiger partial charge >= 0.3 is 12.4 Å². The molecule has 0 spiro atoms. The Morgan fingerprint density at radius 1 is 0.610 bits per heavy atom. The molecule has 2 aromatic heterocycles. The molecule has 0 atom stereocenters. The predicted octanol–water partition coefficient (Wildman–Crippen LogP) is 9.53. The van der Waals surface area contributed by atoms with Gasteiger partial charge in [0, 0.05) is 80.1 Å². The summed E-state index contributed by atoms with van der Waals surface area (Å²) < 4.78 is 155. The summed E-state index contributed by atoms with van der Waals surface area (Å²) in [6, 6.07) is 20.8. The predicted molar refractivity (Wildman–Crippen MR) is 310 cm³/mol. The molecular weight excluding hydrogens is 1110 g/mol. The van der Waals surface area contributed by atoms with Gasteiger partial charge in [0.05, 0.1) is 70.9 Å². The fourth-order valence-electron chi connectivity index (χ4n) is 10.5. The first-order chi connectivity index (χ1) is 38.8. The lowest BCUT2D eigenvalue weighted by Crippen LogP contribution is -2.37. The van der Waals surface area contributed by atoms with E-state index < -0.39 is 45.5 Å². The lowest BCUT2D eigenvalue weighted by molar-refractivity contribution is -0.140. The Bertz CT molecular complexity index is 3620. The Kier molecular flexibility index (Phi) is 19.0. The number of aromatic nitrogens is 2. The standard InChI is InChI=1S/C58H70F6N10O6S2/c1-69(2)42-19-17-40(18-20-42)67-49-14-9-15-52-47(49)32-43(73(52)37-57(59,60)61)12-10-28-66-51-24-22-46(35-55(51)80-8)82(77,78)72(6)36-39-16-25-53-48(56(39)68-41-26-30-71(5)31-27-41)33-44(74(53)38-58(62,63)64)13-11-29-65-50-23-21-45(34-54(50)79-7)81(75,76)70(3)4/h9,14-16,21-25,32-35,40-42,65-68H,17-20,26-31,36-38H2,1-8H3. The fraction of sp³-hybridized carbons (Fsp3) is 0.448. The van der Waals surface area contributed by atoms with E-state index in [2.05, 4.69) is 68.8 Å². The smallest absolute Gasteiger partial charge is 0.406 e. The molecule has 2 aliphatic rings. The minimum Gasteiger partial charge on any atom is -0.495 e. The maximum absolute atomic E-state index is 14.4.